The van der Waals surface area contributed by atoms with E-state index in [4.69, 9.17) is 0 Å². The van der Waals surface area contributed by atoms with E-state index in [0.29, 0.717) is 0 Å². The van der Waals surface area contributed by atoms with Gasteiger partial charge in [-0.1, -0.05) is 257 Å². The quantitative estimate of drug-likeness (QED) is 0.120. The SMILES string of the molecule is CC(C)(C)c1ccc(B2N(c3ccccc3)B(c3ccccc3)N(c3ccccc3)B(c3ccccc3)N2c2ccccc2)cc1-c1cccc(N2B(c3ccccc3)C=CN(c3ccccc3)B2c2ccccc2)c1. The summed E-state index contributed by atoms with van der Waals surface area (Å²) < 4.78 is 10.6. The van der Waals surface area contributed by atoms with E-state index in [0.717, 1.165) is 28.4 Å². The minimum Gasteiger partial charge on any atom is -0.430 e. The first-order valence-corrected chi connectivity index (χ1v) is 26.7. The molecule has 10 aromatic carbocycles. The molecule has 2 aliphatic rings. The smallest absolute Gasteiger partial charge is 0.403 e. The Bertz CT molecular complexity index is 3430. The maximum Gasteiger partial charge on any atom is 0.403 e. The molecule has 362 valence electrons. The zero-order chi connectivity index (χ0) is 51.4. The monoisotopic (exact) mass is 976 g/mol. The van der Waals surface area contributed by atoms with E-state index in [2.05, 4.69) is 342 Å². The Labute approximate surface area is 452 Å². The van der Waals surface area contributed by atoms with Gasteiger partial charge in [-0.05, 0) is 111 Å². The second-order valence-electron chi connectivity index (χ2n) is 20.9. The molecule has 5 nitrogen and oxygen atoms in total. The maximum atomic E-state index is 2.66. The molecule has 0 aromatic heterocycles. The van der Waals surface area contributed by atoms with E-state index >= 15 is 0 Å². The zero-order valence-electron chi connectivity index (χ0n) is 43.4. The summed E-state index contributed by atoms with van der Waals surface area (Å²) in [6, 6.07) is 105. The van der Waals surface area contributed by atoms with Crippen LogP contribution < -0.4 is 51.0 Å². The van der Waals surface area contributed by atoms with Gasteiger partial charge in [0.25, 0.3) is 0 Å². The van der Waals surface area contributed by atoms with Gasteiger partial charge >= 0.3 is 34.8 Å². The molecule has 0 unspecified atom stereocenters. The third kappa shape index (κ3) is 9.41. The van der Waals surface area contributed by atoms with Gasteiger partial charge in [-0.3, -0.25) is 0 Å². The van der Waals surface area contributed by atoms with Crippen molar-refractivity contribution in [2.24, 2.45) is 0 Å². The van der Waals surface area contributed by atoms with Gasteiger partial charge < -0.3 is 23.7 Å². The molecule has 12 rings (SSSR count). The number of hydrogen-bond donors (Lipinski definition) is 0. The second-order valence-corrected chi connectivity index (χ2v) is 20.9. The molecular formula is C66H58B5N5. The lowest BCUT2D eigenvalue weighted by Gasteiger charge is -2.57. The molecule has 10 aromatic rings. The van der Waals surface area contributed by atoms with Crippen LogP contribution in [-0.2, 0) is 5.41 Å². The van der Waals surface area contributed by atoms with Crippen LogP contribution in [0, 0.1) is 0 Å². The van der Waals surface area contributed by atoms with Crippen molar-refractivity contribution in [2.45, 2.75) is 26.2 Å². The lowest BCUT2D eigenvalue weighted by Crippen LogP contribution is -2.86. The molecule has 10 heteroatoms. The van der Waals surface area contributed by atoms with Gasteiger partial charge in [-0.15, -0.1) is 0 Å². The highest BCUT2D eigenvalue weighted by Crippen LogP contribution is 2.38. The molecular weight excluding hydrogens is 917 g/mol. The molecule has 0 aliphatic carbocycles. The van der Waals surface area contributed by atoms with Gasteiger partial charge in [-0.25, -0.2) is 0 Å². The fourth-order valence-corrected chi connectivity index (χ4v) is 11.7. The minimum absolute atomic E-state index is 0.0476. The molecule has 2 heterocycles. The molecule has 0 bridgehead atoms. The molecule has 0 radical (unpaired) electrons. The van der Waals surface area contributed by atoms with Crippen LogP contribution in [0.1, 0.15) is 26.3 Å². The predicted octanol–water partition coefficient (Wildman–Crippen LogP) is 11.3. The van der Waals surface area contributed by atoms with Crippen molar-refractivity contribution in [3.63, 3.8) is 0 Å². The van der Waals surface area contributed by atoms with E-state index in [1.807, 2.05) is 0 Å². The van der Waals surface area contributed by atoms with Crippen molar-refractivity contribution in [3.8, 4) is 11.1 Å². The highest BCUT2D eigenvalue weighted by Gasteiger charge is 2.56. The predicted molar refractivity (Wildman–Crippen MR) is 331 cm³/mol. The Kier molecular flexibility index (Phi) is 13.5. The number of hydrogen-bond acceptors (Lipinski definition) is 5. The molecule has 2 aliphatic heterocycles. The average Bonchev–Trinajstić information content (AvgIpc) is 3.62. The highest BCUT2D eigenvalue weighted by molar-refractivity contribution is 7.15. The van der Waals surface area contributed by atoms with Crippen LogP contribution >= 0.6 is 0 Å². The van der Waals surface area contributed by atoms with E-state index < -0.39 is 0 Å². The van der Waals surface area contributed by atoms with Crippen LogP contribution in [0.15, 0.2) is 297 Å². The first-order chi connectivity index (χ1) is 37.4. The van der Waals surface area contributed by atoms with Gasteiger partial charge in [0.15, 0.2) is 0 Å². The number of nitrogens with zero attached hydrogens (tertiary/aromatic N) is 5. The maximum absolute atomic E-state index is 2.66. The normalized spacial score (nSPS) is 13.9. The second kappa shape index (κ2) is 21.2. The lowest BCUT2D eigenvalue weighted by molar-refractivity contribution is 0.592. The third-order valence-corrected chi connectivity index (χ3v) is 15.1. The van der Waals surface area contributed by atoms with Gasteiger partial charge in [0.2, 0.25) is 0 Å². The summed E-state index contributed by atoms with van der Waals surface area (Å²) in [7, 11) is 0. The summed E-state index contributed by atoms with van der Waals surface area (Å²) in [6.45, 7) is 6.07. The van der Waals surface area contributed by atoms with Crippen molar-refractivity contribution in [1.29, 1.82) is 0 Å². The van der Waals surface area contributed by atoms with E-state index in [1.165, 1.54) is 44.0 Å². The number of benzene rings is 10. The summed E-state index contributed by atoms with van der Waals surface area (Å²) in [4.78, 5) is 2.42. The highest BCUT2D eigenvalue weighted by atomic mass is 15.3. The Morgan fingerprint density at radius 3 is 1.09 bits per heavy atom. The number of rotatable bonds is 11. The van der Waals surface area contributed by atoms with E-state index in [1.54, 1.807) is 0 Å². The standard InChI is InChI=1S/C66H58B5N5/c1-66(2,3)65-48-47-58(52-64(65)53-29-28-46-63(51-53)73-67(54-30-12-4-13-31-54)49-50-72(59-38-20-8-21-39-59)68(73)55-32-14-5-15-33-55)71-75(61-42-24-10-25-43-61)69(56-34-16-6-17-35-56)74(60-40-22-9-23-41-60)70(57-36-18-7-19-37-57)76(71)62-44-26-11-27-45-62/h4-52H,1-3H3. The molecule has 0 saturated carbocycles. The fourth-order valence-electron chi connectivity index (χ4n) is 11.7. The number of anilines is 5. The first-order valence-electron chi connectivity index (χ1n) is 26.7. The summed E-state index contributed by atoms with van der Waals surface area (Å²) in [5.74, 6) is 2.36. The molecule has 0 amide bonds. The molecule has 0 spiro atoms. The topological polar surface area (TPSA) is 16.2 Å². The summed E-state index contributed by atoms with van der Waals surface area (Å²) in [5.41, 5.74) is 15.2. The van der Waals surface area contributed by atoms with Gasteiger partial charge in [0.05, 0.1) is 0 Å². The molecule has 0 atom stereocenters. The molecule has 1 saturated heterocycles. The van der Waals surface area contributed by atoms with Crippen molar-refractivity contribution in [1.82, 2.24) is 0 Å². The number of para-hydroxylation sites is 4. The zero-order valence-corrected chi connectivity index (χ0v) is 43.4. The van der Waals surface area contributed by atoms with Crippen LogP contribution in [-0.4, -0.2) is 34.8 Å². The van der Waals surface area contributed by atoms with Crippen LogP contribution in [0.5, 0.6) is 0 Å². The summed E-state index contributed by atoms with van der Waals surface area (Å²) in [5, 5.41) is 0. The largest absolute Gasteiger partial charge is 0.430 e. The van der Waals surface area contributed by atoms with Crippen LogP contribution in [0.25, 0.3) is 11.1 Å². The van der Waals surface area contributed by atoms with Crippen molar-refractivity contribution in [2.75, 3.05) is 23.7 Å². The average molecular weight is 975 g/mol. The molecule has 76 heavy (non-hydrogen) atoms. The summed E-state index contributed by atoms with van der Waals surface area (Å²) >= 11 is 0. The van der Waals surface area contributed by atoms with Gasteiger partial charge in [-0.2, -0.15) is 0 Å². The Hall–Kier alpha value is -8.74. The van der Waals surface area contributed by atoms with Crippen molar-refractivity contribution in [3.05, 3.63) is 303 Å². The van der Waals surface area contributed by atoms with Crippen molar-refractivity contribution >= 4 is 90.5 Å². The van der Waals surface area contributed by atoms with Crippen LogP contribution in [0.4, 0.5) is 28.4 Å². The van der Waals surface area contributed by atoms with Gasteiger partial charge in [0.1, 0.15) is 0 Å². The Balaban J connectivity index is 1.10. The van der Waals surface area contributed by atoms with E-state index in [-0.39, 0.29) is 40.2 Å². The summed E-state index contributed by atoms with van der Waals surface area (Å²) in [6.07, 6.45) is 2.29. The van der Waals surface area contributed by atoms with Crippen LogP contribution in [0.3, 0.4) is 0 Å². The third-order valence-electron chi connectivity index (χ3n) is 15.1. The van der Waals surface area contributed by atoms with Crippen LogP contribution in [0.2, 0.25) is 0 Å². The van der Waals surface area contributed by atoms with Crippen molar-refractivity contribution < 1.29 is 0 Å². The van der Waals surface area contributed by atoms with Gasteiger partial charge in [0, 0.05) is 28.4 Å². The minimum atomic E-state index is -0.298. The van der Waals surface area contributed by atoms with E-state index in [9.17, 15) is 0 Å². The lowest BCUT2D eigenvalue weighted by atomic mass is 9.37. The molecule has 0 N–H and O–H groups in total. The Morgan fingerprint density at radius 1 is 0.289 bits per heavy atom. The Morgan fingerprint density at radius 2 is 0.658 bits per heavy atom. The first kappa shape index (κ1) is 48.2. The fraction of sp³-hybridized carbons (Fsp3) is 0.0606. The molecule has 1 fully saturated rings.